The number of hydrogen-bond acceptors (Lipinski definition) is 15. The van der Waals surface area contributed by atoms with Crippen molar-refractivity contribution in [2.75, 3.05) is 39.6 Å². The van der Waals surface area contributed by atoms with Gasteiger partial charge >= 0.3 is 39.5 Å². The summed E-state index contributed by atoms with van der Waals surface area (Å²) in [6.07, 6.45) is 83.4. The lowest BCUT2D eigenvalue weighted by Gasteiger charge is -2.21. The molecule has 0 heterocycles. The standard InChI is InChI=1S/C85H148O17P2/c1-5-9-13-17-21-25-29-33-37-38-39-40-44-46-50-54-58-62-66-70-83(88)96-76-81(102-85(90)72-68-64-60-56-52-48-43-36-32-28-24-20-16-12-8-4)78-100-104(93,94)98-74-79(86)73-97-103(91,92)99-77-80(101-84(89)71-67-63-59-55-51-47-42-35-31-27-23-19-15-11-7-3)75-95-82(87)69-65-61-57-53-49-45-41-34-30-26-22-18-14-10-6-2/h9,13,21,23,25,27-28,32-35,37,39-42,46,50,79-81,86H,5-8,10-12,14-20,22,24,26,29-31,36,38,43-45,47-49,51-78H2,1-4H3,(H,91,92)(H,93,94)/b13-9-,25-21-,27-23-,32-28-,37-33-,40-39-,41-34-,42-35-,50-46-/t79-,80+,81+/m0/s1. The van der Waals surface area contributed by atoms with E-state index in [9.17, 15) is 43.2 Å². The second-order valence-corrected chi connectivity index (χ2v) is 30.2. The first-order chi connectivity index (χ1) is 50.7. The second kappa shape index (κ2) is 76.9. The van der Waals surface area contributed by atoms with E-state index in [2.05, 4.69) is 137 Å². The largest absolute Gasteiger partial charge is 0.472 e. The molecule has 0 rings (SSSR count). The molecule has 0 saturated carbocycles. The first-order valence-electron chi connectivity index (χ1n) is 41.1. The van der Waals surface area contributed by atoms with Gasteiger partial charge in [0.1, 0.15) is 19.3 Å². The van der Waals surface area contributed by atoms with Gasteiger partial charge in [0.05, 0.1) is 26.4 Å². The van der Waals surface area contributed by atoms with Crippen molar-refractivity contribution in [3.8, 4) is 0 Å². The van der Waals surface area contributed by atoms with Crippen LogP contribution in [0, 0.1) is 0 Å². The van der Waals surface area contributed by atoms with Crippen molar-refractivity contribution < 1.29 is 80.2 Å². The second-order valence-electron chi connectivity index (χ2n) is 27.3. The summed E-state index contributed by atoms with van der Waals surface area (Å²) in [4.78, 5) is 73.1. The number of phosphoric acid groups is 2. The molecule has 0 radical (unpaired) electrons. The molecular formula is C85H148O17P2. The van der Waals surface area contributed by atoms with Crippen LogP contribution in [0.15, 0.2) is 109 Å². The Kier molecular flexibility index (Phi) is 73.7. The van der Waals surface area contributed by atoms with E-state index < -0.39 is 97.5 Å². The van der Waals surface area contributed by atoms with Crippen LogP contribution in [-0.4, -0.2) is 96.7 Å². The number of aliphatic hydroxyl groups excluding tert-OH is 1. The summed E-state index contributed by atoms with van der Waals surface area (Å²) in [5.74, 6) is -2.23. The Labute approximate surface area is 632 Å². The Bertz CT molecular complexity index is 2390. The van der Waals surface area contributed by atoms with E-state index >= 15 is 0 Å². The van der Waals surface area contributed by atoms with Crippen LogP contribution in [0.2, 0.25) is 0 Å². The summed E-state index contributed by atoms with van der Waals surface area (Å²) in [7, 11) is -9.97. The maximum atomic E-state index is 13.1. The van der Waals surface area contributed by atoms with Gasteiger partial charge < -0.3 is 33.8 Å². The van der Waals surface area contributed by atoms with Crippen LogP contribution in [0.25, 0.3) is 0 Å². The quantitative estimate of drug-likeness (QED) is 0.0169. The molecule has 0 aromatic carbocycles. The minimum Gasteiger partial charge on any atom is -0.462 e. The van der Waals surface area contributed by atoms with Crippen molar-refractivity contribution in [3.05, 3.63) is 109 Å². The van der Waals surface area contributed by atoms with Crippen molar-refractivity contribution in [1.82, 2.24) is 0 Å². The van der Waals surface area contributed by atoms with Crippen LogP contribution in [0.1, 0.15) is 349 Å². The third kappa shape index (κ3) is 75.9. The van der Waals surface area contributed by atoms with Crippen LogP contribution >= 0.6 is 15.6 Å². The molecule has 104 heavy (non-hydrogen) atoms. The van der Waals surface area contributed by atoms with E-state index in [0.29, 0.717) is 25.7 Å². The molecule has 19 heteroatoms. The zero-order valence-corrected chi connectivity index (χ0v) is 67.5. The highest BCUT2D eigenvalue weighted by molar-refractivity contribution is 7.47. The first kappa shape index (κ1) is 99.7. The fourth-order valence-electron chi connectivity index (χ4n) is 10.9. The van der Waals surface area contributed by atoms with E-state index in [1.807, 2.05) is 0 Å². The summed E-state index contributed by atoms with van der Waals surface area (Å²) in [5.41, 5.74) is 0. The summed E-state index contributed by atoms with van der Waals surface area (Å²) < 4.78 is 68.7. The molecule has 0 bridgehead atoms. The highest BCUT2D eigenvalue weighted by Crippen LogP contribution is 2.45. The SMILES string of the molecule is CC/C=C\C/C=C\C/C=C\C/C=C\C/C=C\CCCCCC(=O)OC[C@H](COP(=O)(O)OC[C@@H](O)COP(=O)(O)OC[C@@H](COC(=O)CCCCCCC/C=C\CCCCCCCC)OC(=O)CCCCCCC/C=C\C/C=C\CCCCC)OC(=O)CCCCCCCCC/C=C\CCCCCC. The Hall–Kier alpha value is -4.28. The van der Waals surface area contributed by atoms with Crippen molar-refractivity contribution >= 4 is 39.5 Å². The predicted molar refractivity (Wildman–Crippen MR) is 427 cm³/mol. The molecule has 0 aliphatic heterocycles. The average Bonchev–Trinajstić information content (AvgIpc) is 0.918. The van der Waals surface area contributed by atoms with Gasteiger partial charge in [-0.1, -0.05) is 278 Å². The minimum absolute atomic E-state index is 0.0771. The predicted octanol–water partition coefficient (Wildman–Crippen LogP) is 24.1. The monoisotopic (exact) mass is 1500 g/mol. The van der Waals surface area contributed by atoms with E-state index in [0.717, 1.165) is 186 Å². The Balaban J connectivity index is 5.40. The fraction of sp³-hybridized carbons (Fsp3) is 0.741. The molecule has 3 N–H and O–H groups in total. The molecule has 0 aliphatic carbocycles. The number of ether oxygens (including phenoxy) is 4. The maximum Gasteiger partial charge on any atom is 0.472 e. The number of hydrogen-bond donors (Lipinski definition) is 3. The number of aliphatic hydroxyl groups is 1. The molecule has 0 amide bonds. The van der Waals surface area contributed by atoms with Gasteiger partial charge in [0.25, 0.3) is 0 Å². The third-order valence-electron chi connectivity index (χ3n) is 17.2. The van der Waals surface area contributed by atoms with Gasteiger partial charge in [-0.3, -0.25) is 37.3 Å². The molecule has 0 aliphatic rings. The van der Waals surface area contributed by atoms with Crippen molar-refractivity contribution in [3.63, 3.8) is 0 Å². The smallest absolute Gasteiger partial charge is 0.462 e. The van der Waals surface area contributed by atoms with Gasteiger partial charge in [0.2, 0.25) is 0 Å². The summed E-state index contributed by atoms with van der Waals surface area (Å²) in [6, 6.07) is 0. The maximum absolute atomic E-state index is 13.1. The van der Waals surface area contributed by atoms with Crippen LogP contribution in [-0.2, 0) is 65.4 Å². The normalized spacial score (nSPS) is 14.4. The Morgan fingerprint density at radius 2 is 0.500 bits per heavy atom. The lowest BCUT2D eigenvalue weighted by molar-refractivity contribution is -0.161. The molecule has 0 saturated heterocycles. The number of phosphoric ester groups is 2. The topological polar surface area (TPSA) is 237 Å². The zero-order valence-electron chi connectivity index (χ0n) is 65.7. The van der Waals surface area contributed by atoms with Gasteiger partial charge in [0.15, 0.2) is 12.2 Å². The van der Waals surface area contributed by atoms with Crippen molar-refractivity contribution in [2.45, 2.75) is 367 Å². The molecule has 0 aromatic rings. The summed E-state index contributed by atoms with van der Waals surface area (Å²) in [5, 5.41) is 10.7. The fourth-order valence-corrected chi connectivity index (χ4v) is 12.5. The molecule has 0 fully saturated rings. The Morgan fingerprint density at radius 3 is 0.817 bits per heavy atom. The summed E-state index contributed by atoms with van der Waals surface area (Å²) >= 11 is 0. The highest BCUT2D eigenvalue weighted by Gasteiger charge is 2.30. The molecule has 600 valence electrons. The minimum atomic E-state index is -4.99. The first-order valence-corrected chi connectivity index (χ1v) is 44.1. The van der Waals surface area contributed by atoms with E-state index in [-0.39, 0.29) is 25.7 Å². The number of esters is 4. The Morgan fingerprint density at radius 1 is 0.279 bits per heavy atom. The number of rotatable bonds is 77. The molecule has 0 spiro atoms. The summed E-state index contributed by atoms with van der Waals surface area (Å²) in [6.45, 7) is 4.69. The number of carbonyl (C=O) groups is 4. The number of allylic oxidation sites excluding steroid dienone is 18. The molecule has 17 nitrogen and oxygen atoms in total. The van der Waals surface area contributed by atoms with Crippen LogP contribution in [0.5, 0.6) is 0 Å². The average molecular weight is 1500 g/mol. The van der Waals surface area contributed by atoms with Gasteiger partial charge in [-0.15, -0.1) is 0 Å². The van der Waals surface area contributed by atoms with Crippen LogP contribution in [0.4, 0.5) is 0 Å². The molecular weight excluding hydrogens is 1350 g/mol. The van der Waals surface area contributed by atoms with Gasteiger partial charge in [-0.05, 0) is 154 Å². The molecule has 5 atom stereocenters. The van der Waals surface area contributed by atoms with Crippen molar-refractivity contribution in [2.24, 2.45) is 0 Å². The molecule has 2 unspecified atom stereocenters. The zero-order chi connectivity index (χ0) is 76.0. The van der Waals surface area contributed by atoms with Gasteiger partial charge in [-0.25, -0.2) is 9.13 Å². The van der Waals surface area contributed by atoms with E-state index in [4.69, 9.17) is 37.0 Å². The lowest BCUT2D eigenvalue weighted by Crippen LogP contribution is -2.30. The van der Waals surface area contributed by atoms with Crippen molar-refractivity contribution in [1.29, 1.82) is 0 Å². The highest BCUT2D eigenvalue weighted by atomic mass is 31.2. The van der Waals surface area contributed by atoms with Gasteiger partial charge in [0, 0.05) is 25.7 Å². The lowest BCUT2D eigenvalue weighted by atomic mass is 10.1. The number of carbonyl (C=O) groups excluding carboxylic acids is 4. The van der Waals surface area contributed by atoms with E-state index in [1.54, 1.807) is 0 Å². The third-order valence-corrected chi connectivity index (χ3v) is 19.1. The van der Waals surface area contributed by atoms with Crippen LogP contribution < -0.4 is 0 Å². The van der Waals surface area contributed by atoms with E-state index in [1.165, 1.54) is 83.5 Å². The number of unbranched alkanes of at least 4 members (excludes halogenated alkanes) is 33. The molecule has 0 aromatic heterocycles. The van der Waals surface area contributed by atoms with Crippen LogP contribution in [0.3, 0.4) is 0 Å². The van der Waals surface area contributed by atoms with Gasteiger partial charge in [-0.2, -0.15) is 0 Å².